The fraction of sp³-hybridized carbons (Fsp3) is 0.263. The average Bonchev–Trinajstić information content (AvgIpc) is 3.06. The van der Waals surface area contributed by atoms with E-state index in [1.807, 2.05) is 0 Å². The number of hydrogen-bond donors (Lipinski definition) is 0. The van der Waals surface area contributed by atoms with E-state index in [2.05, 4.69) is 14.8 Å². The Bertz CT molecular complexity index is 1060. The Morgan fingerprint density at radius 1 is 1.27 bits per heavy atom. The Morgan fingerprint density at radius 3 is 2.81 bits per heavy atom. The van der Waals surface area contributed by atoms with E-state index >= 15 is 0 Å². The van der Waals surface area contributed by atoms with Crippen molar-refractivity contribution in [3.63, 3.8) is 0 Å². The van der Waals surface area contributed by atoms with Gasteiger partial charge in [-0.2, -0.15) is 9.78 Å². The van der Waals surface area contributed by atoms with Crippen LogP contribution in [-0.4, -0.2) is 29.0 Å². The van der Waals surface area contributed by atoms with Crippen molar-refractivity contribution in [1.29, 1.82) is 0 Å². The zero-order valence-corrected chi connectivity index (χ0v) is 15.1. The number of methoxy groups -OCH3 is 1. The molecule has 0 spiro atoms. The first-order valence-electron chi connectivity index (χ1n) is 8.42. The molecule has 1 aliphatic carbocycles. The van der Waals surface area contributed by atoms with Gasteiger partial charge in [-0.05, 0) is 48.9 Å². The van der Waals surface area contributed by atoms with Crippen molar-refractivity contribution in [3.8, 4) is 0 Å². The number of benzene rings is 1. The topological polar surface area (TPSA) is 73.5 Å². The summed E-state index contributed by atoms with van der Waals surface area (Å²) >= 11 is 1.62. The van der Waals surface area contributed by atoms with Gasteiger partial charge in [-0.3, -0.25) is 4.79 Å². The van der Waals surface area contributed by atoms with Crippen LogP contribution in [0.5, 0.6) is 0 Å². The summed E-state index contributed by atoms with van der Waals surface area (Å²) in [6.07, 6.45) is 7.30. The molecule has 2 aromatic heterocycles. The minimum Gasteiger partial charge on any atom is -0.465 e. The van der Waals surface area contributed by atoms with Gasteiger partial charge in [0, 0.05) is 4.88 Å². The van der Waals surface area contributed by atoms with E-state index < -0.39 is 0 Å². The molecule has 0 unspecified atom stereocenters. The molecule has 0 N–H and O–H groups in total. The second kappa shape index (κ2) is 6.84. The van der Waals surface area contributed by atoms with Gasteiger partial charge in [0.05, 0.1) is 24.3 Å². The van der Waals surface area contributed by atoms with Gasteiger partial charge in [0.1, 0.15) is 11.2 Å². The van der Waals surface area contributed by atoms with Crippen molar-refractivity contribution in [3.05, 3.63) is 62.5 Å². The lowest BCUT2D eigenvalue weighted by molar-refractivity contribution is 0.0600. The van der Waals surface area contributed by atoms with Crippen LogP contribution in [0.4, 0.5) is 0 Å². The number of nitrogens with zero attached hydrogens (tertiary/aromatic N) is 3. The molecule has 6 nitrogen and oxygen atoms in total. The molecule has 0 atom stereocenters. The Morgan fingerprint density at radius 2 is 2.04 bits per heavy atom. The molecule has 0 saturated carbocycles. The molecule has 7 heteroatoms. The Labute approximate surface area is 153 Å². The fourth-order valence-corrected chi connectivity index (χ4v) is 4.39. The number of aryl methyl sites for hydroxylation is 2. The Balaban J connectivity index is 1.67. The van der Waals surface area contributed by atoms with E-state index in [1.54, 1.807) is 41.8 Å². The minimum absolute atomic E-state index is 0.128. The maximum Gasteiger partial charge on any atom is 0.337 e. The molecule has 1 aromatic carbocycles. The summed E-state index contributed by atoms with van der Waals surface area (Å²) in [4.78, 5) is 30.8. The van der Waals surface area contributed by atoms with Crippen molar-refractivity contribution in [2.45, 2.75) is 25.7 Å². The molecule has 2 heterocycles. The average molecular weight is 367 g/mol. The molecule has 0 amide bonds. The molecular weight excluding hydrogens is 350 g/mol. The molecule has 0 aliphatic heterocycles. The van der Waals surface area contributed by atoms with Crippen LogP contribution in [0.1, 0.15) is 39.2 Å². The first-order chi connectivity index (χ1) is 12.7. The van der Waals surface area contributed by atoms with Gasteiger partial charge in [-0.25, -0.2) is 9.78 Å². The highest BCUT2D eigenvalue weighted by Gasteiger charge is 2.19. The smallest absolute Gasteiger partial charge is 0.337 e. The molecule has 0 saturated heterocycles. The van der Waals surface area contributed by atoms with Crippen LogP contribution in [0.25, 0.3) is 10.2 Å². The van der Waals surface area contributed by atoms with Gasteiger partial charge in [0.15, 0.2) is 0 Å². The molecule has 0 bridgehead atoms. The zero-order valence-electron chi connectivity index (χ0n) is 14.3. The summed E-state index contributed by atoms with van der Waals surface area (Å²) in [5.74, 6) is -0.387. The standard InChI is InChI=1S/C19H17N3O3S/c1-25-19(24)13-8-6-12(7-9-13)10-21-22-11-20-17-16(18(22)23)14-4-2-3-5-15(14)26-17/h6-11H,2-5H2,1H3/b21-10+. The Hall–Kier alpha value is -2.80. The van der Waals surface area contributed by atoms with Gasteiger partial charge >= 0.3 is 5.97 Å². The lowest BCUT2D eigenvalue weighted by atomic mass is 9.97. The number of ether oxygens (including phenoxy) is 1. The highest BCUT2D eigenvalue weighted by Crippen LogP contribution is 2.33. The number of esters is 1. The predicted molar refractivity (Wildman–Crippen MR) is 101 cm³/mol. The van der Waals surface area contributed by atoms with Gasteiger partial charge < -0.3 is 4.74 Å². The second-order valence-corrected chi connectivity index (χ2v) is 7.23. The maximum absolute atomic E-state index is 12.8. The predicted octanol–water partition coefficient (Wildman–Crippen LogP) is 3.01. The Kier molecular flexibility index (Phi) is 4.38. The van der Waals surface area contributed by atoms with Gasteiger partial charge in [0.25, 0.3) is 5.56 Å². The van der Waals surface area contributed by atoms with E-state index in [0.29, 0.717) is 10.9 Å². The highest BCUT2D eigenvalue weighted by atomic mass is 32.1. The first-order valence-corrected chi connectivity index (χ1v) is 9.23. The molecule has 0 fully saturated rings. The van der Waals surface area contributed by atoms with Crippen LogP contribution >= 0.6 is 11.3 Å². The fourth-order valence-electron chi connectivity index (χ4n) is 3.17. The molecule has 132 valence electrons. The first kappa shape index (κ1) is 16.7. The second-order valence-electron chi connectivity index (χ2n) is 6.14. The monoisotopic (exact) mass is 367 g/mol. The third-order valence-corrected chi connectivity index (χ3v) is 5.72. The number of rotatable bonds is 3. The number of carbonyl (C=O) groups is 1. The van der Waals surface area contributed by atoms with Crippen LogP contribution in [0.15, 0.2) is 40.5 Å². The third-order valence-electron chi connectivity index (χ3n) is 4.52. The van der Waals surface area contributed by atoms with Crippen molar-refractivity contribution < 1.29 is 9.53 Å². The normalized spacial score (nSPS) is 13.9. The lowest BCUT2D eigenvalue weighted by Gasteiger charge is -2.09. The van der Waals surface area contributed by atoms with E-state index in [0.717, 1.165) is 35.2 Å². The third kappa shape index (κ3) is 2.94. The largest absolute Gasteiger partial charge is 0.465 e. The highest BCUT2D eigenvalue weighted by molar-refractivity contribution is 7.18. The van der Waals surface area contributed by atoms with Crippen LogP contribution in [0.3, 0.4) is 0 Å². The van der Waals surface area contributed by atoms with Gasteiger partial charge in [-0.1, -0.05) is 12.1 Å². The summed E-state index contributed by atoms with van der Waals surface area (Å²) < 4.78 is 5.95. The molecule has 26 heavy (non-hydrogen) atoms. The van der Waals surface area contributed by atoms with E-state index in [1.165, 1.54) is 29.4 Å². The van der Waals surface area contributed by atoms with Crippen molar-refractivity contribution in [1.82, 2.24) is 9.66 Å². The number of carbonyl (C=O) groups excluding carboxylic acids is 1. The molecular formula is C19H17N3O3S. The molecule has 0 radical (unpaired) electrons. The zero-order chi connectivity index (χ0) is 18.1. The van der Waals surface area contributed by atoms with E-state index in [4.69, 9.17) is 0 Å². The van der Waals surface area contributed by atoms with Crippen molar-refractivity contribution in [2.75, 3.05) is 7.11 Å². The maximum atomic E-state index is 12.8. The summed E-state index contributed by atoms with van der Waals surface area (Å²) in [5.41, 5.74) is 2.27. The molecule has 3 aromatic rings. The number of aromatic nitrogens is 2. The summed E-state index contributed by atoms with van der Waals surface area (Å²) in [7, 11) is 1.34. The minimum atomic E-state index is -0.387. The van der Waals surface area contributed by atoms with E-state index in [9.17, 15) is 9.59 Å². The number of thiophene rings is 1. The van der Waals surface area contributed by atoms with Crippen LogP contribution in [0, 0.1) is 0 Å². The van der Waals surface area contributed by atoms with Gasteiger partial charge in [-0.15, -0.1) is 11.3 Å². The molecule has 4 rings (SSSR count). The number of fused-ring (bicyclic) bond motifs is 3. The SMILES string of the molecule is COC(=O)c1ccc(/C=N/n2cnc3sc4c(c3c2=O)CCCC4)cc1. The van der Waals surface area contributed by atoms with E-state index in [-0.39, 0.29) is 11.5 Å². The summed E-state index contributed by atoms with van der Waals surface area (Å²) in [5, 5.41) is 4.97. The molecule has 1 aliphatic rings. The van der Waals surface area contributed by atoms with Crippen LogP contribution < -0.4 is 5.56 Å². The van der Waals surface area contributed by atoms with Gasteiger partial charge in [0.2, 0.25) is 0 Å². The van der Waals surface area contributed by atoms with Crippen LogP contribution in [0.2, 0.25) is 0 Å². The quantitative estimate of drug-likeness (QED) is 0.527. The van der Waals surface area contributed by atoms with Crippen molar-refractivity contribution >= 4 is 33.7 Å². The van der Waals surface area contributed by atoms with Crippen LogP contribution in [-0.2, 0) is 17.6 Å². The summed E-state index contributed by atoms with van der Waals surface area (Å²) in [6, 6.07) is 6.82. The number of hydrogen-bond acceptors (Lipinski definition) is 6. The van der Waals surface area contributed by atoms with Crippen molar-refractivity contribution in [2.24, 2.45) is 5.10 Å². The summed E-state index contributed by atoms with van der Waals surface area (Å²) in [6.45, 7) is 0. The lowest BCUT2D eigenvalue weighted by Crippen LogP contribution is -2.18.